The third kappa shape index (κ3) is 4.17. The van der Waals surface area contributed by atoms with Crippen LogP contribution in [0.1, 0.15) is 42.6 Å². The van der Waals surface area contributed by atoms with E-state index in [-0.39, 0.29) is 23.2 Å². The molecule has 0 bridgehead atoms. The first kappa shape index (κ1) is 17.8. The van der Waals surface area contributed by atoms with E-state index in [1.807, 2.05) is 0 Å². The molecule has 7 heteroatoms. The zero-order valence-electron chi connectivity index (χ0n) is 14.2. The first-order chi connectivity index (χ1) is 12.5. The predicted molar refractivity (Wildman–Crippen MR) is 95.0 cm³/mol. The number of amides is 2. The van der Waals surface area contributed by atoms with Crippen LogP contribution in [0.25, 0.3) is 0 Å². The van der Waals surface area contributed by atoms with Crippen LogP contribution in [-0.4, -0.2) is 11.8 Å². The average molecular weight is 357 g/mol. The third-order valence-corrected chi connectivity index (χ3v) is 4.51. The molecule has 2 N–H and O–H groups in total. The van der Waals surface area contributed by atoms with E-state index in [1.54, 1.807) is 6.07 Å². The van der Waals surface area contributed by atoms with Gasteiger partial charge in [0.15, 0.2) is 6.20 Å². The molecule has 0 aliphatic heterocycles. The van der Waals surface area contributed by atoms with Gasteiger partial charge in [-0.3, -0.25) is 9.59 Å². The van der Waals surface area contributed by atoms with Crippen molar-refractivity contribution < 1.29 is 18.7 Å². The zero-order valence-corrected chi connectivity index (χ0v) is 14.2. The van der Waals surface area contributed by atoms with Gasteiger partial charge in [0.25, 0.3) is 5.69 Å². The summed E-state index contributed by atoms with van der Waals surface area (Å²) in [4.78, 5) is 24.5. The monoisotopic (exact) mass is 357 g/mol. The molecular formula is C19H20FN3O3. The van der Waals surface area contributed by atoms with Crippen LogP contribution < -0.4 is 15.4 Å². The maximum atomic E-state index is 14.0. The number of nitrogens with zero attached hydrogens (tertiary/aromatic N) is 1. The van der Waals surface area contributed by atoms with Gasteiger partial charge in [-0.1, -0.05) is 19.3 Å². The van der Waals surface area contributed by atoms with Crippen molar-refractivity contribution in [1.82, 2.24) is 0 Å². The highest BCUT2D eigenvalue weighted by molar-refractivity contribution is 6.02. The van der Waals surface area contributed by atoms with Crippen LogP contribution in [0.15, 0.2) is 42.6 Å². The summed E-state index contributed by atoms with van der Waals surface area (Å²) in [7, 11) is 0. The van der Waals surface area contributed by atoms with E-state index >= 15 is 0 Å². The number of anilines is 2. The molecule has 6 nitrogen and oxygen atoms in total. The van der Waals surface area contributed by atoms with Crippen LogP contribution in [0.5, 0.6) is 0 Å². The minimum absolute atomic E-state index is 0.0152. The summed E-state index contributed by atoms with van der Waals surface area (Å²) in [6.45, 7) is 0. The number of pyridine rings is 1. The van der Waals surface area contributed by atoms with Gasteiger partial charge in [0.2, 0.25) is 5.91 Å². The van der Waals surface area contributed by atoms with E-state index in [1.165, 1.54) is 36.5 Å². The lowest BCUT2D eigenvalue weighted by atomic mass is 9.88. The number of hydrogen-bond donors (Lipinski definition) is 2. The molecule has 0 atom stereocenters. The van der Waals surface area contributed by atoms with Crippen molar-refractivity contribution in [2.45, 2.75) is 32.1 Å². The van der Waals surface area contributed by atoms with Crippen molar-refractivity contribution >= 4 is 23.2 Å². The van der Waals surface area contributed by atoms with Gasteiger partial charge in [0, 0.05) is 23.7 Å². The summed E-state index contributed by atoms with van der Waals surface area (Å²) >= 11 is 0. The maximum Gasteiger partial charge on any atom is 0.321 e. The number of halogens is 1. The number of hydrogen-bond acceptors (Lipinski definition) is 3. The Kier molecular flexibility index (Phi) is 5.46. The van der Waals surface area contributed by atoms with Gasteiger partial charge in [-0.25, -0.2) is 4.39 Å². The Hall–Kier alpha value is -2.96. The molecular weight excluding hydrogens is 337 g/mol. The largest absolute Gasteiger partial charge is 0.618 e. The maximum absolute atomic E-state index is 14.0. The van der Waals surface area contributed by atoms with Crippen LogP contribution in [0.2, 0.25) is 0 Å². The zero-order chi connectivity index (χ0) is 18.5. The molecule has 1 aliphatic rings. The molecule has 0 radical (unpaired) electrons. The topological polar surface area (TPSA) is 85.1 Å². The fourth-order valence-electron chi connectivity index (χ4n) is 3.10. The molecule has 1 aromatic heterocycles. The Labute approximate surface area is 150 Å². The first-order valence-corrected chi connectivity index (χ1v) is 8.64. The van der Waals surface area contributed by atoms with Crippen molar-refractivity contribution in [2.24, 2.45) is 5.92 Å². The second kappa shape index (κ2) is 7.95. The van der Waals surface area contributed by atoms with Crippen LogP contribution in [0, 0.1) is 16.9 Å². The Morgan fingerprint density at radius 1 is 1.08 bits per heavy atom. The van der Waals surface area contributed by atoms with E-state index in [9.17, 15) is 19.2 Å². The van der Waals surface area contributed by atoms with Gasteiger partial charge in [-0.15, -0.1) is 0 Å². The molecule has 1 aromatic carbocycles. The summed E-state index contributed by atoms with van der Waals surface area (Å²) < 4.78 is 14.5. The van der Waals surface area contributed by atoms with Crippen molar-refractivity contribution in [2.75, 3.05) is 10.6 Å². The molecule has 1 fully saturated rings. The van der Waals surface area contributed by atoms with Crippen LogP contribution in [0.4, 0.5) is 15.8 Å². The summed E-state index contributed by atoms with van der Waals surface area (Å²) in [5, 5.41) is 16.8. The van der Waals surface area contributed by atoms with E-state index in [0.29, 0.717) is 10.4 Å². The lowest BCUT2D eigenvalue weighted by Gasteiger charge is -2.21. The molecule has 0 saturated heterocycles. The number of aromatic nitrogens is 1. The van der Waals surface area contributed by atoms with Crippen molar-refractivity contribution in [1.29, 1.82) is 0 Å². The van der Waals surface area contributed by atoms with Crippen molar-refractivity contribution in [3.63, 3.8) is 0 Å². The Morgan fingerprint density at radius 3 is 2.58 bits per heavy atom. The minimum atomic E-state index is -0.614. The highest BCUT2D eigenvalue weighted by Gasteiger charge is 2.22. The molecule has 1 aliphatic carbocycles. The van der Waals surface area contributed by atoms with Crippen LogP contribution in [0.3, 0.4) is 0 Å². The van der Waals surface area contributed by atoms with Gasteiger partial charge >= 0.3 is 5.91 Å². The smallest absolute Gasteiger partial charge is 0.321 e. The van der Waals surface area contributed by atoms with Gasteiger partial charge in [-0.2, -0.15) is 4.73 Å². The fraction of sp³-hybridized carbons (Fsp3) is 0.316. The molecule has 1 heterocycles. The van der Waals surface area contributed by atoms with E-state index in [4.69, 9.17) is 0 Å². The number of benzene rings is 1. The Morgan fingerprint density at radius 2 is 1.85 bits per heavy atom. The van der Waals surface area contributed by atoms with Gasteiger partial charge < -0.3 is 15.8 Å². The second-order valence-electron chi connectivity index (χ2n) is 6.38. The van der Waals surface area contributed by atoms with Gasteiger partial charge in [-0.05, 0) is 37.1 Å². The Bertz CT molecular complexity index is 819. The molecule has 26 heavy (non-hydrogen) atoms. The van der Waals surface area contributed by atoms with Crippen LogP contribution in [-0.2, 0) is 4.79 Å². The second-order valence-corrected chi connectivity index (χ2v) is 6.38. The summed E-state index contributed by atoms with van der Waals surface area (Å²) in [5.41, 5.74) is 0.227. The first-order valence-electron chi connectivity index (χ1n) is 8.64. The highest BCUT2D eigenvalue weighted by Crippen LogP contribution is 2.26. The molecule has 1 saturated carbocycles. The van der Waals surface area contributed by atoms with Crippen molar-refractivity contribution in [3.8, 4) is 0 Å². The molecule has 0 unspecified atom stereocenters. The standard InChI is InChI=1S/C19H20FN3O3/c20-15-10-9-14(21-19(25)17-8-4-5-11-23(17)26)12-16(15)22-18(24)13-6-2-1-3-7-13/h4-5,8-13H,1-3,6-7H2,(H,21,25)(H,22,24). The summed E-state index contributed by atoms with van der Waals surface area (Å²) in [6.07, 6.45) is 5.96. The molecule has 3 rings (SSSR count). The van der Waals surface area contributed by atoms with Crippen LogP contribution >= 0.6 is 0 Å². The number of nitrogens with one attached hydrogen (secondary N) is 2. The van der Waals surface area contributed by atoms with E-state index in [2.05, 4.69) is 10.6 Å². The van der Waals surface area contributed by atoms with E-state index in [0.717, 1.165) is 32.1 Å². The third-order valence-electron chi connectivity index (χ3n) is 4.51. The number of rotatable bonds is 4. The predicted octanol–water partition coefficient (Wildman–Crippen LogP) is 3.23. The fourth-order valence-corrected chi connectivity index (χ4v) is 3.10. The normalized spacial score (nSPS) is 14.7. The SMILES string of the molecule is O=C(Nc1ccc(F)c(NC(=O)C2CCCCC2)c1)c1cccc[n+]1[O-]. The highest BCUT2D eigenvalue weighted by atomic mass is 19.1. The quantitative estimate of drug-likeness (QED) is 0.651. The molecule has 2 amide bonds. The molecule has 2 aromatic rings. The van der Waals surface area contributed by atoms with E-state index < -0.39 is 11.7 Å². The average Bonchev–Trinajstić information content (AvgIpc) is 2.65. The number of carbonyl (C=O) groups is 2. The van der Waals surface area contributed by atoms with Crippen molar-refractivity contribution in [3.05, 3.63) is 59.3 Å². The Balaban J connectivity index is 1.72. The summed E-state index contributed by atoms with van der Waals surface area (Å²) in [5.74, 6) is -1.50. The van der Waals surface area contributed by atoms with Gasteiger partial charge in [0.05, 0.1) is 5.69 Å². The van der Waals surface area contributed by atoms with Gasteiger partial charge in [0.1, 0.15) is 5.82 Å². The minimum Gasteiger partial charge on any atom is -0.618 e. The number of carbonyl (C=O) groups excluding carboxylic acids is 2. The lowest BCUT2D eigenvalue weighted by molar-refractivity contribution is -0.607. The molecule has 0 spiro atoms. The molecule has 136 valence electrons. The summed E-state index contributed by atoms with van der Waals surface area (Å²) in [6, 6.07) is 8.37. The lowest BCUT2D eigenvalue weighted by Crippen LogP contribution is -2.36.